The molecule has 0 amide bonds. The summed E-state index contributed by atoms with van der Waals surface area (Å²) in [6.45, 7) is 4.71. The predicted molar refractivity (Wildman–Crippen MR) is 114 cm³/mol. The van der Waals surface area contributed by atoms with Crippen molar-refractivity contribution in [3.05, 3.63) is 64.9 Å². The van der Waals surface area contributed by atoms with E-state index in [9.17, 15) is 5.11 Å². The van der Waals surface area contributed by atoms with Gasteiger partial charge in [0.2, 0.25) is 0 Å². The van der Waals surface area contributed by atoms with Gasteiger partial charge in [-0.05, 0) is 61.5 Å². The third-order valence-electron chi connectivity index (χ3n) is 4.69. The molecular formula is C22H21N3O2S. The Morgan fingerprint density at radius 1 is 1.11 bits per heavy atom. The molecule has 0 spiro atoms. The highest BCUT2D eigenvalue weighted by molar-refractivity contribution is 7.71. The summed E-state index contributed by atoms with van der Waals surface area (Å²) in [6, 6.07) is 17.3. The number of ether oxygens (including phenoxy) is 1. The van der Waals surface area contributed by atoms with Crippen LogP contribution in [-0.2, 0) is 0 Å². The molecule has 0 fully saturated rings. The summed E-state index contributed by atoms with van der Waals surface area (Å²) >= 11 is 5.55. The van der Waals surface area contributed by atoms with E-state index in [0.29, 0.717) is 17.2 Å². The fourth-order valence-corrected chi connectivity index (χ4v) is 3.62. The van der Waals surface area contributed by atoms with E-state index in [2.05, 4.69) is 29.3 Å². The van der Waals surface area contributed by atoms with Crippen LogP contribution in [-0.4, -0.2) is 26.5 Å². The first kappa shape index (κ1) is 18.3. The summed E-state index contributed by atoms with van der Waals surface area (Å²) in [4.78, 5) is 0. The lowest BCUT2D eigenvalue weighted by molar-refractivity contribution is 0.321. The summed E-state index contributed by atoms with van der Waals surface area (Å²) in [5.74, 6) is 1.79. The van der Waals surface area contributed by atoms with Gasteiger partial charge in [0.25, 0.3) is 0 Å². The van der Waals surface area contributed by atoms with Gasteiger partial charge in [-0.25, -0.2) is 0 Å². The number of hydrogen-bond acceptors (Lipinski definition) is 4. The molecule has 3 aromatic carbocycles. The first-order valence-electron chi connectivity index (χ1n) is 9.22. The van der Waals surface area contributed by atoms with E-state index >= 15 is 0 Å². The first-order valence-corrected chi connectivity index (χ1v) is 9.63. The number of phenolic OH excluding ortho intramolecular Hbond substituents is 1. The number of aromatic amines is 1. The molecule has 0 atom stereocenters. The summed E-state index contributed by atoms with van der Waals surface area (Å²) in [5.41, 5.74) is 2.75. The van der Waals surface area contributed by atoms with Crippen molar-refractivity contribution in [3.8, 4) is 28.6 Å². The maximum atomic E-state index is 9.75. The standard InChI is InChI=1S/C22H21N3O2S/c1-3-12-27-20-11-10-19(17-6-4-5-7-18(17)20)25-21(23-24-22(25)28)16-9-8-15(26)13-14(16)2/h4-11,13,26H,3,12H2,1-2H3,(H,24,28). The SMILES string of the molecule is CCCOc1ccc(-n2c(-c3ccc(O)cc3C)n[nH]c2=S)c2ccccc12. The largest absolute Gasteiger partial charge is 0.508 e. The number of aromatic nitrogens is 3. The highest BCUT2D eigenvalue weighted by Gasteiger charge is 2.16. The summed E-state index contributed by atoms with van der Waals surface area (Å²) < 4.78 is 8.37. The number of aromatic hydroxyl groups is 1. The van der Waals surface area contributed by atoms with E-state index in [0.717, 1.165) is 39.8 Å². The molecule has 6 heteroatoms. The van der Waals surface area contributed by atoms with Gasteiger partial charge in [-0.2, -0.15) is 5.10 Å². The van der Waals surface area contributed by atoms with Crippen LogP contribution in [0.4, 0.5) is 0 Å². The van der Waals surface area contributed by atoms with E-state index in [1.807, 2.05) is 41.8 Å². The molecule has 28 heavy (non-hydrogen) atoms. The van der Waals surface area contributed by atoms with Crippen LogP contribution in [0.3, 0.4) is 0 Å². The lowest BCUT2D eigenvalue weighted by atomic mass is 10.1. The Kier molecular flexibility index (Phi) is 4.88. The molecule has 0 unspecified atom stereocenters. The quantitative estimate of drug-likeness (QED) is 0.438. The molecule has 0 radical (unpaired) electrons. The van der Waals surface area contributed by atoms with Crippen LogP contribution in [0, 0.1) is 11.7 Å². The second-order valence-corrected chi connectivity index (χ2v) is 7.05. The molecule has 142 valence electrons. The first-order chi connectivity index (χ1) is 13.6. The second kappa shape index (κ2) is 7.48. The smallest absolute Gasteiger partial charge is 0.200 e. The van der Waals surface area contributed by atoms with Gasteiger partial charge in [-0.15, -0.1) is 0 Å². The van der Waals surface area contributed by atoms with Gasteiger partial charge in [-0.1, -0.05) is 31.2 Å². The molecule has 5 nitrogen and oxygen atoms in total. The van der Waals surface area contributed by atoms with E-state index in [4.69, 9.17) is 17.0 Å². The van der Waals surface area contributed by atoms with E-state index in [1.54, 1.807) is 12.1 Å². The minimum absolute atomic E-state index is 0.227. The van der Waals surface area contributed by atoms with Gasteiger partial charge in [-0.3, -0.25) is 9.67 Å². The molecule has 0 saturated heterocycles. The maximum Gasteiger partial charge on any atom is 0.200 e. The number of nitrogens with zero attached hydrogens (tertiary/aromatic N) is 2. The van der Waals surface area contributed by atoms with Crippen molar-refractivity contribution in [2.45, 2.75) is 20.3 Å². The number of aryl methyl sites for hydroxylation is 1. The third kappa shape index (κ3) is 3.16. The van der Waals surface area contributed by atoms with Gasteiger partial charge < -0.3 is 9.84 Å². The van der Waals surface area contributed by atoms with Gasteiger partial charge in [0, 0.05) is 16.3 Å². The molecule has 1 heterocycles. The van der Waals surface area contributed by atoms with Crippen LogP contribution in [0.1, 0.15) is 18.9 Å². The average molecular weight is 391 g/mol. The monoisotopic (exact) mass is 391 g/mol. The predicted octanol–water partition coefficient (Wildman–Crippen LogP) is 5.55. The van der Waals surface area contributed by atoms with E-state index in [-0.39, 0.29) is 5.75 Å². The fourth-order valence-electron chi connectivity index (χ4n) is 3.39. The summed E-state index contributed by atoms with van der Waals surface area (Å²) in [6.07, 6.45) is 0.952. The number of benzene rings is 3. The number of hydrogen-bond donors (Lipinski definition) is 2. The van der Waals surface area contributed by atoms with Crippen LogP contribution in [0.15, 0.2) is 54.6 Å². The Morgan fingerprint density at radius 3 is 2.64 bits per heavy atom. The Hall–Kier alpha value is -3.12. The van der Waals surface area contributed by atoms with Crippen molar-refractivity contribution in [1.29, 1.82) is 0 Å². The third-order valence-corrected chi connectivity index (χ3v) is 4.96. The van der Waals surface area contributed by atoms with Crippen LogP contribution in [0.5, 0.6) is 11.5 Å². The molecule has 4 rings (SSSR count). The number of H-pyrrole nitrogens is 1. The number of phenols is 1. The minimum Gasteiger partial charge on any atom is -0.508 e. The number of rotatable bonds is 5. The van der Waals surface area contributed by atoms with Crippen LogP contribution in [0.2, 0.25) is 0 Å². The average Bonchev–Trinajstić information content (AvgIpc) is 3.07. The Morgan fingerprint density at radius 2 is 1.89 bits per heavy atom. The molecule has 0 aliphatic heterocycles. The zero-order chi connectivity index (χ0) is 19.7. The van der Waals surface area contributed by atoms with Gasteiger partial charge in [0.15, 0.2) is 10.6 Å². The lowest BCUT2D eigenvalue weighted by Crippen LogP contribution is -2.02. The molecule has 4 aromatic rings. The molecule has 0 saturated carbocycles. The number of fused-ring (bicyclic) bond motifs is 1. The summed E-state index contributed by atoms with van der Waals surface area (Å²) in [7, 11) is 0. The lowest BCUT2D eigenvalue weighted by Gasteiger charge is -2.15. The molecule has 0 aliphatic rings. The van der Waals surface area contributed by atoms with Crippen LogP contribution >= 0.6 is 12.2 Å². The van der Waals surface area contributed by atoms with Crippen LogP contribution in [0.25, 0.3) is 27.8 Å². The second-order valence-electron chi connectivity index (χ2n) is 6.66. The van der Waals surface area contributed by atoms with Crippen LogP contribution < -0.4 is 4.74 Å². The van der Waals surface area contributed by atoms with E-state index < -0.39 is 0 Å². The van der Waals surface area contributed by atoms with Crippen molar-refractivity contribution in [1.82, 2.24) is 14.8 Å². The molecule has 2 N–H and O–H groups in total. The summed E-state index contributed by atoms with van der Waals surface area (Å²) in [5, 5.41) is 19.2. The minimum atomic E-state index is 0.227. The topological polar surface area (TPSA) is 63.1 Å². The molecule has 0 bridgehead atoms. The van der Waals surface area contributed by atoms with Crippen molar-refractivity contribution in [2.24, 2.45) is 0 Å². The molecular weight excluding hydrogens is 370 g/mol. The van der Waals surface area contributed by atoms with Gasteiger partial charge in [0.1, 0.15) is 11.5 Å². The maximum absolute atomic E-state index is 9.75. The van der Waals surface area contributed by atoms with Crippen molar-refractivity contribution in [2.75, 3.05) is 6.61 Å². The van der Waals surface area contributed by atoms with Crippen molar-refractivity contribution < 1.29 is 9.84 Å². The van der Waals surface area contributed by atoms with Crippen molar-refractivity contribution >= 4 is 23.0 Å². The Bertz CT molecular complexity index is 1210. The molecule has 1 aromatic heterocycles. The number of nitrogens with one attached hydrogen (secondary N) is 1. The van der Waals surface area contributed by atoms with E-state index in [1.165, 1.54) is 0 Å². The molecule has 0 aliphatic carbocycles. The normalized spacial score (nSPS) is 11.1. The highest BCUT2D eigenvalue weighted by atomic mass is 32.1. The Balaban J connectivity index is 1.95. The van der Waals surface area contributed by atoms with Gasteiger partial charge in [0.05, 0.1) is 12.3 Å². The highest BCUT2D eigenvalue weighted by Crippen LogP contribution is 2.34. The van der Waals surface area contributed by atoms with Crippen molar-refractivity contribution in [3.63, 3.8) is 0 Å². The zero-order valence-corrected chi connectivity index (χ0v) is 16.6. The zero-order valence-electron chi connectivity index (χ0n) is 15.8. The Labute approximate surface area is 168 Å². The fraction of sp³-hybridized carbons (Fsp3) is 0.182. The van der Waals surface area contributed by atoms with Gasteiger partial charge >= 0.3 is 0 Å².